The van der Waals surface area contributed by atoms with Gasteiger partial charge in [0.25, 0.3) is 5.91 Å². The van der Waals surface area contributed by atoms with E-state index in [0.717, 1.165) is 5.56 Å². The molecule has 0 heterocycles. The van der Waals surface area contributed by atoms with Crippen molar-refractivity contribution >= 4 is 40.5 Å². The Morgan fingerprint density at radius 3 is 2.71 bits per heavy atom. The summed E-state index contributed by atoms with van der Waals surface area (Å²) < 4.78 is 5.38. The third-order valence-corrected chi connectivity index (χ3v) is 3.27. The van der Waals surface area contributed by atoms with Crippen molar-refractivity contribution in [3.8, 4) is 5.75 Å². The lowest BCUT2D eigenvalue weighted by atomic mass is 10.2. The zero-order valence-corrected chi connectivity index (χ0v) is 12.8. The van der Waals surface area contributed by atoms with Gasteiger partial charge < -0.3 is 15.8 Å². The van der Waals surface area contributed by atoms with Crippen molar-refractivity contribution in [3.63, 3.8) is 0 Å². The van der Waals surface area contributed by atoms with Crippen LogP contribution in [0.3, 0.4) is 0 Å². The largest absolute Gasteiger partial charge is 0.482 e. The molecule has 0 aliphatic carbocycles. The molecule has 110 valence electrons. The molecule has 21 heavy (non-hydrogen) atoms. The number of hydrogen-bond acceptors (Lipinski definition) is 3. The van der Waals surface area contributed by atoms with Crippen molar-refractivity contribution in [1.82, 2.24) is 0 Å². The summed E-state index contributed by atoms with van der Waals surface area (Å²) >= 11 is 11.9. The first kappa shape index (κ1) is 15.5. The zero-order valence-electron chi connectivity index (χ0n) is 11.3. The van der Waals surface area contributed by atoms with Crippen LogP contribution in [-0.2, 0) is 4.79 Å². The molecule has 0 bridgehead atoms. The maximum atomic E-state index is 11.8. The topological polar surface area (TPSA) is 64.3 Å². The highest BCUT2D eigenvalue weighted by Crippen LogP contribution is 2.25. The highest BCUT2D eigenvalue weighted by Gasteiger charge is 2.08. The van der Waals surface area contributed by atoms with Crippen LogP contribution in [0.5, 0.6) is 5.75 Å². The SMILES string of the molecule is Cc1ccc(OCC(=O)Nc2cc(Cl)ccc2N)c(Cl)c1. The molecule has 0 aliphatic rings. The summed E-state index contributed by atoms with van der Waals surface area (Å²) in [5.41, 5.74) is 7.65. The van der Waals surface area contributed by atoms with Crippen molar-refractivity contribution < 1.29 is 9.53 Å². The number of carbonyl (C=O) groups excluding carboxylic acids is 1. The van der Waals surface area contributed by atoms with Gasteiger partial charge in [-0.2, -0.15) is 0 Å². The second-order valence-corrected chi connectivity index (χ2v) is 5.35. The molecule has 0 aliphatic heterocycles. The van der Waals surface area contributed by atoms with Crippen LogP contribution >= 0.6 is 23.2 Å². The Hall–Kier alpha value is -1.91. The van der Waals surface area contributed by atoms with E-state index < -0.39 is 0 Å². The van der Waals surface area contributed by atoms with E-state index in [0.29, 0.717) is 27.2 Å². The molecular weight excluding hydrogens is 311 g/mol. The van der Waals surface area contributed by atoms with Crippen LogP contribution in [0.25, 0.3) is 0 Å². The van der Waals surface area contributed by atoms with Gasteiger partial charge in [0.15, 0.2) is 6.61 Å². The molecule has 2 aromatic rings. The van der Waals surface area contributed by atoms with Crippen LogP contribution in [0.4, 0.5) is 11.4 Å². The molecule has 0 fully saturated rings. The van der Waals surface area contributed by atoms with Crippen molar-refractivity contribution in [2.24, 2.45) is 0 Å². The third kappa shape index (κ3) is 4.28. The summed E-state index contributed by atoms with van der Waals surface area (Å²) in [6, 6.07) is 10.2. The molecule has 4 nitrogen and oxygen atoms in total. The van der Waals surface area contributed by atoms with E-state index in [2.05, 4.69) is 5.32 Å². The molecule has 2 aromatic carbocycles. The molecule has 0 radical (unpaired) electrons. The Balaban J connectivity index is 1.97. The average Bonchev–Trinajstić information content (AvgIpc) is 2.42. The first-order valence-corrected chi connectivity index (χ1v) is 6.95. The number of ether oxygens (including phenoxy) is 1. The van der Waals surface area contributed by atoms with Gasteiger partial charge in [0, 0.05) is 5.02 Å². The van der Waals surface area contributed by atoms with Crippen LogP contribution in [0, 0.1) is 6.92 Å². The first-order valence-electron chi connectivity index (χ1n) is 6.19. The number of rotatable bonds is 4. The molecule has 0 saturated carbocycles. The number of amides is 1. The summed E-state index contributed by atoms with van der Waals surface area (Å²) in [5.74, 6) is 0.108. The van der Waals surface area contributed by atoms with Gasteiger partial charge in [-0.1, -0.05) is 29.3 Å². The summed E-state index contributed by atoms with van der Waals surface area (Å²) in [5, 5.41) is 3.59. The number of hydrogen-bond donors (Lipinski definition) is 2. The van der Waals surface area contributed by atoms with E-state index in [9.17, 15) is 4.79 Å². The number of halogens is 2. The van der Waals surface area contributed by atoms with E-state index in [1.54, 1.807) is 30.3 Å². The lowest BCUT2D eigenvalue weighted by Gasteiger charge is -2.11. The lowest BCUT2D eigenvalue weighted by molar-refractivity contribution is -0.118. The minimum absolute atomic E-state index is 0.172. The summed E-state index contributed by atoms with van der Waals surface area (Å²) in [7, 11) is 0. The van der Waals surface area contributed by atoms with Gasteiger partial charge in [-0.15, -0.1) is 0 Å². The Bertz CT molecular complexity index is 675. The van der Waals surface area contributed by atoms with Crippen LogP contribution in [0.2, 0.25) is 10.0 Å². The number of nitrogens with one attached hydrogen (secondary N) is 1. The summed E-state index contributed by atoms with van der Waals surface area (Å²) in [6.07, 6.45) is 0. The van der Waals surface area contributed by atoms with Crippen molar-refractivity contribution in [2.75, 3.05) is 17.7 Å². The Morgan fingerprint density at radius 1 is 1.24 bits per heavy atom. The van der Waals surface area contributed by atoms with Crippen LogP contribution < -0.4 is 15.8 Å². The number of nitrogens with two attached hydrogens (primary N) is 1. The number of aryl methyl sites for hydroxylation is 1. The van der Waals surface area contributed by atoms with E-state index >= 15 is 0 Å². The Morgan fingerprint density at radius 2 is 2.00 bits per heavy atom. The van der Waals surface area contributed by atoms with E-state index in [1.807, 2.05) is 13.0 Å². The Labute approximate surface area is 132 Å². The van der Waals surface area contributed by atoms with E-state index in [4.69, 9.17) is 33.7 Å². The highest BCUT2D eigenvalue weighted by atomic mass is 35.5. The number of carbonyl (C=O) groups is 1. The fourth-order valence-corrected chi connectivity index (χ4v) is 2.15. The minimum Gasteiger partial charge on any atom is -0.482 e. The predicted octanol–water partition coefficient (Wildman–Crippen LogP) is 3.90. The third-order valence-electron chi connectivity index (χ3n) is 2.74. The number of benzene rings is 2. The maximum absolute atomic E-state index is 11.8. The molecule has 6 heteroatoms. The molecule has 3 N–H and O–H groups in total. The molecule has 0 spiro atoms. The monoisotopic (exact) mass is 324 g/mol. The molecule has 0 saturated heterocycles. The van der Waals surface area contributed by atoms with E-state index in [1.165, 1.54) is 0 Å². The minimum atomic E-state index is -0.347. The fourth-order valence-electron chi connectivity index (χ4n) is 1.69. The van der Waals surface area contributed by atoms with Gasteiger partial charge in [-0.05, 0) is 42.8 Å². The number of anilines is 2. The summed E-state index contributed by atoms with van der Waals surface area (Å²) in [4.78, 5) is 11.8. The maximum Gasteiger partial charge on any atom is 0.262 e. The second-order valence-electron chi connectivity index (χ2n) is 4.50. The number of nitrogen functional groups attached to an aromatic ring is 1. The van der Waals surface area contributed by atoms with Gasteiger partial charge in [0.05, 0.1) is 16.4 Å². The normalized spacial score (nSPS) is 10.2. The highest BCUT2D eigenvalue weighted by molar-refractivity contribution is 6.32. The second kappa shape index (κ2) is 6.70. The molecule has 0 unspecified atom stereocenters. The molecule has 0 atom stereocenters. The lowest BCUT2D eigenvalue weighted by Crippen LogP contribution is -2.20. The predicted molar refractivity (Wildman–Crippen MR) is 86.2 cm³/mol. The van der Waals surface area contributed by atoms with Crippen molar-refractivity contribution in [2.45, 2.75) is 6.92 Å². The van der Waals surface area contributed by atoms with Gasteiger partial charge >= 0.3 is 0 Å². The zero-order chi connectivity index (χ0) is 15.4. The van der Waals surface area contributed by atoms with Crippen molar-refractivity contribution in [1.29, 1.82) is 0 Å². The first-order chi connectivity index (χ1) is 9.95. The van der Waals surface area contributed by atoms with E-state index in [-0.39, 0.29) is 12.5 Å². The molecular formula is C15H14Cl2N2O2. The van der Waals surface area contributed by atoms with Gasteiger partial charge in [-0.3, -0.25) is 4.79 Å². The van der Waals surface area contributed by atoms with Crippen LogP contribution in [0.15, 0.2) is 36.4 Å². The van der Waals surface area contributed by atoms with Gasteiger partial charge in [0.2, 0.25) is 0 Å². The van der Waals surface area contributed by atoms with Gasteiger partial charge in [0.1, 0.15) is 5.75 Å². The van der Waals surface area contributed by atoms with Crippen LogP contribution in [-0.4, -0.2) is 12.5 Å². The fraction of sp³-hybridized carbons (Fsp3) is 0.133. The molecule has 2 rings (SSSR count). The quantitative estimate of drug-likeness (QED) is 0.838. The molecule has 1 amide bonds. The smallest absolute Gasteiger partial charge is 0.262 e. The average molecular weight is 325 g/mol. The molecule has 0 aromatic heterocycles. The van der Waals surface area contributed by atoms with Crippen molar-refractivity contribution in [3.05, 3.63) is 52.0 Å². The Kier molecular flexibility index (Phi) is 4.94. The van der Waals surface area contributed by atoms with Gasteiger partial charge in [-0.25, -0.2) is 0 Å². The van der Waals surface area contributed by atoms with Crippen LogP contribution in [0.1, 0.15) is 5.56 Å². The standard InChI is InChI=1S/C15H14Cl2N2O2/c1-9-2-5-14(11(17)6-9)21-8-15(20)19-13-7-10(16)3-4-12(13)18/h2-7H,8,18H2,1H3,(H,19,20). The summed E-state index contributed by atoms with van der Waals surface area (Å²) in [6.45, 7) is 1.75.